The van der Waals surface area contributed by atoms with E-state index in [1.807, 2.05) is 19.1 Å². The lowest BCUT2D eigenvalue weighted by atomic mass is 10.1. The van der Waals surface area contributed by atoms with E-state index in [2.05, 4.69) is 10.2 Å². The molecule has 1 aromatic carbocycles. The highest BCUT2D eigenvalue weighted by atomic mass is 32.1. The summed E-state index contributed by atoms with van der Waals surface area (Å²) in [6.45, 7) is 2.00. The molecule has 2 aromatic heterocycles. The average Bonchev–Trinajstić information content (AvgIpc) is 3.07. The fraction of sp³-hybridized carbons (Fsp3) is 0.0714. The van der Waals surface area contributed by atoms with Crippen LogP contribution in [0, 0.1) is 6.92 Å². The lowest BCUT2D eigenvalue weighted by Crippen LogP contribution is -1.95. The summed E-state index contributed by atoms with van der Waals surface area (Å²) in [5.74, 6) is -0.228. The van der Waals surface area contributed by atoms with E-state index in [9.17, 15) is 4.79 Å². The Balaban J connectivity index is 1.98. The first kappa shape index (κ1) is 12.6. The molecule has 0 spiro atoms. The van der Waals surface area contributed by atoms with Crippen molar-refractivity contribution < 1.29 is 14.3 Å². The predicted octanol–water partition coefficient (Wildman–Crippen LogP) is 3.47. The first-order valence-corrected chi connectivity index (χ1v) is 6.69. The molecule has 0 aliphatic carbocycles. The van der Waals surface area contributed by atoms with E-state index in [0.717, 1.165) is 9.75 Å². The van der Waals surface area contributed by atoms with Crippen molar-refractivity contribution in [3.63, 3.8) is 0 Å². The van der Waals surface area contributed by atoms with Crippen LogP contribution in [-0.4, -0.2) is 21.3 Å². The molecule has 0 atom stereocenters. The maximum Gasteiger partial charge on any atom is 0.335 e. The molecule has 0 unspecified atom stereocenters. The number of carboxylic acid groups (broad SMARTS) is 1. The maximum atomic E-state index is 10.9. The molecule has 3 rings (SSSR count). The number of hydrogen-bond acceptors (Lipinski definition) is 5. The van der Waals surface area contributed by atoms with Crippen LogP contribution in [0.15, 0.2) is 40.8 Å². The first-order valence-electron chi connectivity index (χ1n) is 5.87. The fourth-order valence-electron chi connectivity index (χ4n) is 1.77. The number of carbonyl (C=O) groups is 1. The van der Waals surface area contributed by atoms with Gasteiger partial charge in [0.1, 0.15) is 0 Å². The third-order valence-electron chi connectivity index (χ3n) is 2.73. The molecule has 5 nitrogen and oxygen atoms in total. The summed E-state index contributed by atoms with van der Waals surface area (Å²) in [5.41, 5.74) is 0.783. The number of carboxylic acids is 1. The molecule has 0 bridgehead atoms. The minimum absolute atomic E-state index is 0.189. The van der Waals surface area contributed by atoms with Crippen LogP contribution in [0.5, 0.6) is 0 Å². The predicted molar refractivity (Wildman–Crippen MR) is 74.7 cm³/mol. The van der Waals surface area contributed by atoms with Crippen LogP contribution >= 0.6 is 11.3 Å². The third kappa shape index (κ3) is 2.33. The molecule has 6 heteroatoms. The SMILES string of the molecule is Cc1ccc(-c2nnc(-c3cccc(C(=O)O)c3)o2)s1. The Labute approximate surface area is 118 Å². The van der Waals surface area contributed by atoms with E-state index in [-0.39, 0.29) is 5.56 Å². The standard InChI is InChI=1S/C14H10N2O3S/c1-8-5-6-11(20-8)13-16-15-12(19-13)9-3-2-4-10(7-9)14(17)18/h2-7H,1H3,(H,17,18). The third-order valence-corrected chi connectivity index (χ3v) is 3.72. The van der Waals surface area contributed by atoms with Gasteiger partial charge in [-0.25, -0.2) is 4.79 Å². The zero-order valence-corrected chi connectivity index (χ0v) is 11.3. The van der Waals surface area contributed by atoms with E-state index >= 15 is 0 Å². The van der Waals surface area contributed by atoms with Crippen molar-refractivity contribution in [2.24, 2.45) is 0 Å². The van der Waals surface area contributed by atoms with Crippen LogP contribution in [-0.2, 0) is 0 Å². The lowest BCUT2D eigenvalue weighted by Gasteiger charge is -1.97. The molecular formula is C14H10N2O3S. The number of thiophene rings is 1. The van der Waals surface area contributed by atoms with Crippen molar-refractivity contribution in [2.75, 3.05) is 0 Å². The molecule has 0 aliphatic rings. The van der Waals surface area contributed by atoms with Gasteiger partial charge in [0.25, 0.3) is 5.89 Å². The van der Waals surface area contributed by atoms with Crippen LogP contribution < -0.4 is 0 Å². The van der Waals surface area contributed by atoms with Crippen LogP contribution in [0.4, 0.5) is 0 Å². The van der Waals surface area contributed by atoms with Crippen molar-refractivity contribution in [1.82, 2.24) is 10.2 Å². The fourth-order valence-corrected chi connectivity index (χ4v) is 2.56. The molecule has 1 N–H and O–H groups in total. The Kier molecular flexibility index (Phi) is 3.08. The van der Waals surface area contributed by atoms with E-state index in [1.165, 1.54) is 12.1 Å². The number of nitrogens with zero attached hydrogens (tertiary/aromatic N) is 2. The van der Waals surface area contributed by atoms with Gasteiger partial charge < -0.3 is 9.52 Å². The summed E-state index contributed by atoms with van der Waals surface area (Å²) in [5, 5.41) is 16.9. The van der Waals surface area contributed by atoms with Gasteiger partial charge in [-0.3, -0.25) is 0 Å². The minimum atomic E-state index is -0.986. The van der Waals surface area contributed by atoms with Gasteiger partial charge >= 0.3 is 5.97 Å². The summed E-state index contributed by atoms with van der Waals surface area (Å²) < 4.78 is 5.60. The quantitative estimate of drug-likeness (QED) is 0.797. The first-order chi connectivity index (χ1) is 9.63. The van der Waals surface area contributed by atoms with E-state index in [0.29, 0.717) is 17.3 Å². The Bertz CT molecular complexity index is 776. The van der Waals surface area contributed by atoms with Gasteiger partial charge in [-0.15, -0.1) is 21.5 Å². The molecule has 3 aromatic rings. The van der Waals surface area contributed by atoms with Gasteiger partial charge in [-0.05, 0) is 37.3 Å². The molecule has 0 saturated heterocycles. The van der Waals surface area contributed by atoms with Crippen LogP contribution in [0.1, 0.15) is 15.2 Å². The van der Waals surface area contributed by atoms with Gasteiger partial charge in [0.2, 0.25) is 5.89 Å². The van der Waals surface area contributed by atoms with Crippen molar-refractivity contribution >= 4 is 17.3 Å². The average molecular weight is 286 g/mol. The van der Waals surface area contributed by atoms with E-state index < -0.39 is 5.97 Å². The van der Waals surface area contributed by atoms with E-state index in [1.54, 1.807) is 23.5 Å². The lowest BCUT2D eigenvalue weighted by molar-refractivity contribution is 0.0697. The second kappa shape index (κ2) is 4.90. The van der Waals surface area contributed by atoms with Gasteiger partial charge in [-0.2, -0.15) is 0 Å². The van der Waals surface area contributed by atoms with Crippen molar-refractivity contribution in [2.45, 2.75) is 6.92 Å². The number of hydrogen-bond donors (Lipinski definition) is 1. The van der Waals surface area contributed by atoms with E-state index in [4.69, 9.17) is 9.52 Å². The molecule has 0 saturated carbocycles. The van der Waals surface area contributed by atoms with Gasteiger partial charge in [0.15, 0.2) is 0 Å². The summed E-state index contributed by atoms with van der Waals surface area (Å²) in [4.78, 5) is 13.0. The Morgan fingerprint density at radius 2 is 2.00 bits per heavy atom. The molecule has 20 heavy (non-hydrogen) atoms. The number of rotatable bonds is 3. The normalized spacial score (nSPS) is 10.7. The summed E-state index contributed by atoms with van der Waals surface area (Å²) in [7, 11) is 0. The Hall–Kier alpha value is -2.47. The molecule has 0 aliphatic heterocycles. The molecule has 0 amide bonds. The topological polar surface area (TPSA) is 76.2 Å². The Morgan fingerprint density at radius 1 is 1.20 bits per heavy atom. The number of aromatic nitrogens is 2. The summed E-state index contributed by atoms with van der Waals surface area (Å²) in [6.07, 6.45) is 0. The summed E-state index contributed by atoms with van der Waals surface area (Å²) >= 11 is 1.57. The van der Waals surface area contributed by atoms with Gasteiger partial charge in [-0.1, -0.05) is 6.07 Å². The highest BCUT2D eigenvalue weighted by molar-refractivity contribution is 7.15. The van der Waals surface area contributed by atoms with Crippen LogP contribution in [0.2, 0.25) is 0 Å². The van der Waals surface area contributed by atoms with Crippen LogP contribution in [0.3, 0.4) is 0 Å². The maximum absolute atomic E-state index is 10.9. The van der Waals surface area contributed by atoms with Crippen LogP contribution in [0.25, 0.3) is 22.2 Å². The largest absolute Gasteiger partial charge is 0.478 e. The zero-order valence-electron chi connectivity index (χ0n) is 10.5. The second-order valence-corrected chi connectivity index (χ2v) is 5.50. The minimum Gasteiger partial charge on any atom is -0.478 e. The molecular weight excluding hydrogens is 276 g/mol. The number of benzene rings is 1. The molecule has 0 fully saturated rings. The highest BCUT2D eigenvalue weighted by Gasteiger charge is 2.13. The second-order valence-electron chi connectivity index (χ2n) is 4.21. The smallest absolute Gasteiger partial charge is 0.335 e. The van der Waals surface area contributed by atoms with Crippen molar-refractivity contribution in [3.05, 3.63) is 46.8 Å². The number of aromatic carboxylic acids is 1. The van der Waals surface area contributed by atoms with Gasteiger partial charge in [0.05, 0.1) is 10.4 Å². The van der Waals surface area contributed by atoms with Crippen molar-refractivity contribution in [1.29, 1.82) is 0 Å². The zero-order chi connectivity index (χ0) is 14.1. The molecule has 0 radical (unpaired) electrons. The Morgan fingerprint density at radius 3 is 2.70 bits per heavy atom. The van der Waals surface area contributed by atoms with Crippen molar-refractivity contribution in [3.8, 4) is 22.2 Å². The number of aryl methyl sites for hydroxylation is 1. The molecule has 2 heterocycles. The highest BCUT2D eigenvalue weighted by Crippen LogP contribution is 2.29. The summed E-state index contributed by atoms with van der Waals surface area (Å²) in [6, 6.07) is 10.3. The van der Waals surface area contributed by atoms with Gasteiger partial charge in [0, 0.05) is 10.4 Å². The monoisotopic (exact) mass is 286 g/mol. The molecule has 100 valence electrons.